The second kappa shape index (κ2) is 7.46. The second-order valence-corrected chi connectivity index (χ2v) is 6.49. The van der Waals surface area contributed by atoms with Crippen LogP contribution in [-0.2, 0) is 22.6 Å². The molecule has 0 unspecified atom stereocenters. The van der Waals surface area contributed by atoms with E-state index in [2.05, 4.69) is 10.6 Å². The molecule has 2 heterocycles. The van der Waals surface area contributed by atoms with E-state index in [4.69, 9.17) is 4.74 Å². The lowest BCUT2D eigenvalue weighted by Gasteiger charge is -2.13. The fourth-order valence-corrected chi connectivity index (χ4v) is 3.11. The Morgan fingerprint density at radius 1 is 1.25 bits per heavy atom. The van der Waals surface area contributed by atoms with Gasteiger partial charge in [-0.15, -0.1) is 11.3 Å². The smallest absolute Gasteiger partial charge is 0.309 e. The molecule has 2 amide bonds. The van der Waals surface area contributed by atoms with Crippen LogP contribution in [0.2, 0.25) is 0 Å². The largest absolute Gasteiger partial charge is 0.493 e. The van der Waals surface area contributed by atoms with Crippen molar-refractivity contribution < 1.29 is 19.4 Å². The molecule has 7 heteroatoms. The van der Waals surface area contributed by atoms with Gasteiger partial charge in [0.15, 0.2) is 0 Å². The Hall–Kier alpha value is -2.38. The van der Waals surface area contributed by atoms with Crippen molar-refractivity contribution in [2.75, 3.05) is 13.2 Å². The number of amides is 2. The summed E-state index contributed by atoms with van der Waals surface area (Å²) in [6.45, 7) is 0.943. The number of nitrogens with one attached hydrogen (secondary N) is 2. The summed E-state index contributed by atoms with van der Waals surface area (Å²) in [6.07, 6.45) is -0.0575. The van der Waals surface area contributed by atoms with Crippen LogP contribution in [0.25, 0.3) is 0 Å². The summed E-state index contributed by atoms with van der Waals surface area (Å²) < 4.78 is 5.42. The van der Waals surface area contributed by atoms with Crippen LogP contribution < -0.4 is 15.4 Å². The number of carbonyl (C=O) groups excluding carboxylic acids is 2. The average Bonchev–Trinajstić information content (AvgIpc) is 3.27. The Morgan fingerprint density at radius 3 is 2.88 bits per heavy atom. The summed E-state index contributed by atoms with van der Waals surface area (Å²) in [5.74, 6) is -0.629. The Kier molecular flexibility index (Phi) is 5.12. The lowest BCUT2D eigenvalue weighted by atomic mass is 10.0. The number of aliphatic hydroxyl groups is 1. The van der Waals surface area contributed by atoms with Crippen LogP contribution in [0.4, 0.5) is 0 Å². The first-order valence-corrected chi connectivity index (χ1v) is 8.53. The minimum Gasteiger partial charge on any atom is -0.493 e. The summed E-state index contributed by atoms with van der Waals surface area (Å²) >= 11 is 1.51. The molecule has 1 aliphatic heterocycles. The number of aliphatic hydroxyl groups excluding tert-OH is 1. The van der Waals surface area contributed by atoms with E-state index in [-0.39, 0.29) is 6.54 Å². The van der Waals surface area contributed by atoms with Gasteiger partial charge in [0.05, 0.1) is 19.3 Å². The van der Waals surface area contributed by atoms with Gasteiger partial charge in [-0.2, -0.15) is 0 Å². The van der Waals surface area contributed by atoms with Gasteiger partial charge >= 0.3 is 11.8 Å². The molecular formula is C17H18N2O4S. The van der Waals surface area contributed by atoms with Gasteiger partial charge in [0.2, 0.25) is 0 Å². The molecule has 3 rings (SSSR count). The first-order valence-electron chi connectivity index (χ1n) is 7.65. The molecule has 0 aliphatic carbocycles. The normalized spacial score (nSPS) is 13.7. The molecule has 24 heavy (non-hydrogen) atoms. The van der Waals surface area contributed by atoms with Gasteiger partial charge < -0.3 is 20.5 Å². The van der Waals surface area contributed by atoms with Crippen molar-refractivity contribution in [3.8, 4) is 5.75 Å². The number of rotatable bonds is 5. The predicted octanol–water partition coefficient (Wildman–Crippen LogP) is 1.15. The molecule has 0 saturated heterocycles. The van der Waals surface area contributed by atoms with E-state index < -0.39 is 17.9 Å². The summed E-state index contributed by atoms with van der Waals surface area (Å²) in [5.41, 5.74) is 1.74. The molecule has 1 aromatic carbocycles. The molecule has 0 bridgehead atoms. The molecule has 0 spiro atoms. The van der Waals surface area contributed by atoms with Crippen LogP contribution in [0, 0.1) is 0 Å². The first kappa shape index (κ1) is 16.5. The highest BCUT2D eigenvalue weighted by atomic mass is 32.1. The monoisotopic (exact) mass is 346 g/mol. The summed E-state index contributed by atoms with van der Waals surface area (Å²) in [6, 6.07) is 9.21. The second-order valence-electron chi connectivity index (χ2n) is 5.45. The van der Waals surface area contributed by atoms with E-state index in [0.29, 0.717) is 18.7 Å². The highest BCUT2D eigenvalue weighted by molar-refractivity contribution is 7.09. The molecule has 1 aliphatic rings. The fraction of sp³-hybridized carbons (Fsp3) is 0.294. The SMILES string of the molecule is O=C(NCc1cccs1)C(=O)NC[C@@H](O)c1ccc2c(c1)CCO2. The van der Waals surface area contributed by atoms with Crippen LogP contribution in [0.1, 0.15) is 22.1 Å². The van der Waals surface area contributed by atoms with Crippen molar-refractivity contribution in [3.63, 3.8) is 0 Å². The molecule has 0 radical (unpaired) electrons. The number of benzene rings is 1. The Labute approximate surface area is 143 Å². The van der Waals surface area contributed by atoms with E-state index in [0.717, 1.165) is 22.6 Å². The van der Waals surface area contributed by atoms with Crippen molar-refractivity contribution in [1.29, 1.82) is 0 Å². The van der Waals surface area contributed by atoms with Gasteiger partial charge in [-0.25, -0.2) is 0 Å². The third-order valence-corrected chi connectivity index (χ3v) is 4.64. The fourth-order valence-electron chi connectivity index (χ4n) is 2.46. The van der Waals surface area contributed by atoms with Crippen molar-refractivity contribution in [2.45, 2.75) is 19.1 Å². The van der Waals surface area contributed by atoms with Crippen LogP contribution in [0.15, 0.2) is 35.7 Å². The third kappa shape index (κ3) is 3.93. The van der Waals surface area contributed by atoms with Crippen molar-refractivity contribution in [1.82, 2.24) is 10.6 Å². The third-order valence-electron chi connectivity index (χ3n) is 3.76. The molecule has 1 aromatic heterocycles. The molecule has 126 valence electrons. The first-order chi connectivity index (χ1) is 11.6. The lowest BCUT2D eigenvalue weighted by Crippen LogP contribution is -2.41. The quantitative estimate of drug-likeness (QED) is 0.709. The Morgan fingerprint density at radius 2 is 2.08 bits per heavy atom. The van der Waals surface area contributed by atoms with Crippen molar-refractivity contribution >= 4 is 23.2 Å². The standard InChI is InChI=1S/C17H18N2O4S/c20-14(11-3-4-15-12(8-11)5-6-23-15)10-19-17(22)16(21)18-9-13-2-1-7-24-13/h1-4,7-8,14,20H,5-6,9-10H2,(H,18,21)(H,19,22)/t14-/m1/s1. The molecule has 0 saturated carbocycles. The van der Waals surface area contributed by atoms with Crippen LogP contribution >= 0.6 is 11.3 Å². The summed E-state index contributed by atoms with van der Waals surface area (Å²) in [4.78, 5) is 24.5. The highest BCUT2D eigenvalue weighted by Gasteiger charge is 2.18. The van der Waals surface area contributed by atoms with Crippen molar-refractivity contribution in [2.24, 2.45) is 0 Å². The van der Waals surface area contributed by atoms with Gasteiger partial charge in [-0.3, -0.25) is 9.59 Å². The maximum Gasteiger partial charge on any atom is 0.309 e. The van der Waals surface area contributed by atoms with E-state index >= 15 is 0 Å². The molecule has 3 N–H and O–H groups in total. The van der Waals surface area contributed by atoms with E-state index in [1.165, 1.54) is 11.3 Å². The topological polar surface area (TPSA) is 87.7 Å². The minimum atomic E-state index is -0.870. The zero-order chi connectivity index (χ0) is 16.9. The van der Waals surface area contributed by atoms with E-state index in [9.17, 15) is 14.7 Å². The molecule has 1 atom stereocenters. The maximum atomic E-state index is 11.8. The molecule has 6 nitrogen and oxygen atoms in total. The molecule has 0 fully saturated rings. The number of hydrogen-bond acceptors (Lipinski definition) is 5. The molecule has 2 aromatic rings. The van der Waals surface area contributed by atoms with Crippen molar-refractivity contribution in [3.05, 3.63) is 51.7 Å². The number of ether oxygens (including phenoxy) is 1. The van der Waals surface area contributed by atoms with Gasteiger partial charge in [0.1, 0.15) is 5.75 Å². The zero-order valence-corrected chi connectivity index (χ0v) is 13.8. The molecular weight excluding hydrogens is 328 g/mol. The average molecular weight is 346 g/mol. The number of thiophene rings is 1. The van der Waals surface area contributed by atoms with Gasteiger partial charge in [-0.05, 0) is 34.7 Å². The van der Waals surface area contributed by atoms with E-state index in [1.807, 2.05) is 29.6 Å². The zero-order valence-electron chi connectivity index (χ0n) is 13.0. The predicted molar refractivity (Wildman–Crippen MR) is 89.8 cm³/mol. The lowest BCUT2D eigenvalue weighted by molar-refractivity contribution is -0.139. The van der Waals surface area contributed by atoms with Crippen LogP contribution in [0.5, 0.6) is 5.75 Å². The minimum absolute atomic E-state index is 0.0229. The Bertz CT molecular complexity index is 730. The van der Waals surface area contributed by atoms with Gasteiger partial charge in [0.25, 0.3) is 0 Å². The number of fused-ring (bicyclic) bond motifs is 1. The summed E-state index contributed by atoms with van der Waals surface area (Å²) in [5, 5.41) is 17.1. The Balaban J connectivity index is 1.47. The number of hydrogen-bond donors (Lipinski definition) is 3. The highest BCUT2D eigenvalue weighted by Crippen LogP contribution is 2.27. The number of carbonyl (C=O) groups is 2. The van der Waals surface area contributed by atoms with Gasteiger partial charge in [0, 0.05) is 17.8 Å². The van der Waals surface area contributed by atoms with Crippen LogP contribution in [-0.4, -0.2) is 30.1 Å². The maximum absolute atomic E-state index is 11.8. The summed E-state index contributed by atoms with van der Waals surface area (Å²) in [7, 11) is 0. The van der Waals surface area contributed by atoms with Crippen LogP contribution in [0.3, 0.4) is 0 Å². The van der Waals surface area contributed by atoms with Gasteiger partial charge in [-0.1, -0.05) is 12.1 Å². The van der Waals surface area contributed by atoms with E-state index in [1.54, 1.807) is 6.07 Å².